The van der Waals surface area contributed by atoms with Gasteiger partial charge in [0.1, 0.15) is 28.8 Å². The Morgan fingerprint density at radius 2 is 2.25 bits per heavy atom. The average Bonchev–Trinajstić information content (AvgIpc) is 3.38. The molecule has 2 atom stereocenters. The maximum atomic E-state index is 11.9. The van der Waals surface area contributed by atoms with Gasteiger partial charge in [-0.15, -0.1) is 11.3 Å². The molecule has 2 aliphatic rings. The van der Waals surface area contributed by atoms with Crippen LogP contribution in [0.3, 0.4) is 0 Å². The highest BCUT2D eigenvalue weighted by Crippen LogP contribution is 2.25. The van der Waals surface area contributed by atoms with E-state index < -0.39 is 12.0 Å². The van der Waals surface area contributed by atoms with Crippen LogP contribution in [0.25, 0.3) is 10.2 Å². The van der Waals surface area contributed by atoms with Crippen molar-refractivity contribution in [2.24, 2.45) is 0 Å². The number of thiophene rings is 1. The minimum atomic E-state index is -0.906. The molecule has 0 radical (unpaired) electrons. The number of carboxylic acids is 1. The summed E-state index contributed by atoms with van der Waals surface area (Å²) in [7, 11) is 0. The first-order valence-electron chi connectivity index (χ1n) is 12.9. The van der Waals surface area contributed by atoms with Crippen LogP contribution in [0.4, 0.5) is 11.6 Å². The zero-order valence-electron chi connectivity index (χ0n) is 20.5. The highest BCUT2D eigenvalue weighted by molar-refractivity contribution is 7.16. The van der Waals surface area contributed by atoms with Crippen LogP contribution in [0.5, 0.6) is 0 Å². The highest BCUT2D eigenvalue weighted by atomic mass is 32.1. The Labute approximate surface area is 215 Å². The molecule has 10 heteroatoms. The number of pyridine rings is 1. The largest absolute Gasteiger partial charge is 0.480 e. The maximum absolute atomic E-state index is 11.9. The second-order valence-electron chi connectivity index (χ2n) is 9.57. The van der Waals surface area contributed by atoms with Crippen LogP contribution in [0, 0.1) is 0 Å². The zero-order chi connectivity index (χ0) is 24.7. The van der Waals surface area contributed by atoms with Crippen molar-refractivity contribution in [3.8, 4) is 0 Å². The molecule has 0 saturated carbocycles. The topological polar surface area (TPSA) is 112 Å². The number of likely N-dealkylation sites (tertiary alicyclic amines) is 1. The van der Waals surface area contributed by atoms with Crippen molar-refractivity contribution in [1.29, 1.82) is 0 Å². The number of hydrogen-bond donors (Lipinski definition) is 3. The molecule has 3 N–H and O–H groups in total. The van der Waals surface area contributed by atoms with E-state index in [1.54, 1.807) is 0 Å². The van der Waals surface area contributed by atoms with E-state index in [-0.39, 0.29) is 6.10 Å². The van der Waals surface area contributed by atoms with E-state index in [4.69, 9.17) is 9.72 Å². The Hall–Kier alpha value is -2.82. The summed E-state index contributed by atoms with van der Waals surface area (Å²) in [6.45, 7) is 4.41. The molecule has 0 aliphatic carbocycles. The second kappa shape index (κ2) is 11.9. The summed E-state index contributed by atoms with van der Waals surface area (Å²) in [5.41, 5.74) is 2.49. The van der Waals surface area contributed by atoms with Gasteiger partial charge >= 0.3 is 5.97 Å². The zero-order valence-corrected chi connectivity index (χ0v) is 21.3. The fourth-order valence-electron chi connectivity index (χ4n) is 5.02. The van der Waals surface area contributed by atoms with Crippen molar-refractivity contribution in [1.82, 2.24) is 19.9 Å². The summed E-state index contributed by atoms with van der Waals surface area (Å²) in [5, 5.41) is 19.0. The van der Waals surface area contributed by atoms with E-state index in [0.29, 0.717) is 18.8 Å². The smallest absolute Gasteiger partial charge is 0.326 e. The monoisotopic (exact) mass is 510 g/mol. The highest BCUT2D eigenvalue weighted by Gasteiger charge is 2.23. The van der Waals surface area contributed by atoms with Gasteiger partial charge in [-0.3, -0.25) is 0 Å². The first kappa shape index (κ1) is 24.9. The number of carbonyl (C=O) groups is 1. The van der Waals surface area contributed by atoms with Crippen LogP contribution in [0.1, 0.15) is 43.4 Å². The minimum absolute atomic E-state index is 0.141. The fraction of sp³-hybridized carbons (Fsp3) is 0.538. The van der Waals surface area contributed by atoms with Gasteiger partial charge in [-0.25, -0.2) is 19.7 Å². The molecule has 1 fully saturated rings. The standard InChI is InChI=1S/C26H34N6O3S/c33-26(34)22(31-24-21-10-15-36-25(21)29-17-28-24)9-14-35-20-6-3-13-32(16-20)12-2-5-19-8-7-18-4-1-11-27-23(18)30-19/h7-8,10,15,17,20,22H,1-6,9,11-14,16H2,(H,27,30)(H,33,34)(H,28,29,31)/t20-,22+/m1/s1. The Balaban J connectivity index is 1.05. The number of aryl methyl sites for hydroxylation is 2. The number of anilines is 2. The van der Waals surface area contributed by atoms with Gasteiger partial charge in [-0.2, -0.15) is 0 Å². The molecular weight excluding hydrogens is 476 g/mol. The van der Waals surface area contributed by atoms with Crippen molar-refractivity contribution >= 4 is 39.2 Å². The molecule has 36 heavy (non-hydrogen) atoms. The van der Waals surface area contributed by atoms with Gasteiger partial charge in [-0.05, 0) is 74.7 Å². The molecular formula is C26H34N6O3S. The number of rotatable bonds is 11. The summed E-state index contributed by atoms with van der Waals surface area (Å²) < 4.78 is 6.13. The Bertz CT molecular complexity index is 1170. The Morgan fingerprint density at radius 3 is 3.17 bits per heavy atom. The number of aromatic nitrogens is 3. The van der Waals surface area contributed by atoms with Crippen LogP contribution in [0.15, 0.2) is 29.9 Å². The van der Waals surface area contributed by atoms with Crippen LogP contribution in [0.2, 0.25) is 0 Å². The number of ether oxygens (including phenoxy) is 1. The van der Waals surface area contributed by atoms with Crippen molar-refractivity contribution in [3.63, 3.8) is 0 Å². The fourth-order valence-corrected chi connectivity index (χ4v) is 5.76. The molecule has 0 aromatic carbocycles. The first-order valence-corrected chi connectivity index (χ1v) is 13.8. The number of aliphatic carboxylic acids is 1. The van der Waals surface area contributed by atoms with E-state index in [0.717, 1.165) is 80.0 Å². The lowest BCUT2D eigenvalue weighted by Crippen LogP contribution is -2.41. The van der Waals surface area contributed by atoms with Gasteiger partial charge in [0.05, 0.1) is 11.5 Å². The summed E-state index contributed by atoms with van der Waals surface area (Å²) >= 11 is 1.51. The van der Waals surface area contributed by atoms with E-state index in [1.165, 1.54) is 29.6 Å². The summed E-state index contributed by atoms with van der Waals surface area (Å²) in [6.07, 6.45) is 8.44. The van der Waals surface area contributed by atoms with Crippen LogP contribution in [-0.4, -0.2) is 75.9 Å². The van der Waals surface area contributed by atoms with Gasteiger partial charge in [0.2, 0.25) is 0 Å². The molecule has 3 aromatic heterocycles. The van der Waals surface area contributed by atoms with E-state index >= 15 is 0 Å². The number of nitrogens with one attached hydrogen (secondary N) is 2. The van der Waals surface area contributed by atoms with Crippen molar-refractivity contribution in [3.05, 3.63) is 41.2 Å². The third kappa shape index (κ3) is 6.29. The summed E-state index contributed by atoms with van der Waals surface area (Å²) in [5.74, 6) is 0.720. The van der Waals surface area contributed by atoms with Gasteiger partial charge in [0.15, 0.2) is 0 Å². The summed E-state index contributed by atoms with van der Waals surface area (Å²) in [4.78, 5) is 28.4. The molecule has 0 amide bonds. The Morgan fingerprint density at radius 1 is 1.31 bits per heavy atom. The van der Waals surface area contributed by atoms with E-state index in [1.807, 2.05) is 11.4 Å². The Kier molecular flexibility index (Phi) is 8.25. The lowest BCUT2D eigenvalue weighted by atomic mass is 10.1. The normalized spacial score (nSPS) is 18.9. The first-order chi connectivity index (χ1) is 17.7. The molecule has 0 spiro atoms. The quantitative estimate of drug-likeness (QED) is 0.354. The molecule has 5 heterocycles. The molecule has 5 rings (SSSR count). The van der Waals surface area contributed by atoms with Crippen molar-refractivity contribution in [2.45, 2.75) is 57.1 Å². The molecule has 0 bridgehead atoms. The minimum Gasteiger partial charge on any atom is -0.480 e. The average molecular weight is 511 g/mol. The predicted molar refractivity (Wildman–Crippen MR) is 142 cm³/mol. The molecule has 0 unspecified atom stereocenters. The van der Waals surface area contributed by atoms with Gasteiger partial charge in [0, 0.05) is 31.8 Å². The molecule has 3 aromatic rings. The third-order valence-electron chi connectivity index (χ3n) is 6.95. The number of hydrogen-bond acceptors (Lipinski definition) is 9. The van der Waals surface area contributed by atoms with Crippen LogP contribution < -0.4 is 10.6 Å². The van der Waals surface area contributed by atoms with Crippen molar-refractivity contribution in [2.75, 3.05) is 43.4 Å². The van der Waals surface area contributed by atoms with E-state index in [9.17, 15) is 9.90 Å². The number of fused-ring (bicyclic) bond motifs is 2. The van der Waals surface area contributed by atoms with Crippen LogP contribution >= 0.6 is 11.3 Å². The van der Waals surface area contributed by atoms with Crippen LogP contribution in [-0.2, 0) is 22.4 Å². The van der Waals surface area contributed by atoms with E-state index in [2.05, 4.69) is 37.6 Å². The number of nitrogens with zero attached hydrogens (tertiary/aromatic N) is 4. The maximum Gasteiger partial charge on any atom is 0.326 e. The molecule has 9 nitrogen and oxygen atoms in total. The predicted octanol–water partition coefficient (Wildman–Crippen LogP) is 3.81. The second-order valence-corrected chi connectivity index (χ2v) is 10.5. The molecule has 192 valence electrons. The van der Waals surface area contributed by atoms with Gasteiger partial charge < -0.3 is 25.4 Å². The van der Waals surface area contributed by atoms with Gasteiger partial charge in [-0.1, -0.05) is 6.07 Å². The third-order valence-corrected chi connectivity index (χ3v) is 7.77. The number of carboxylic acid groups (broad SMARTS) is 1. The summed E-state index contributed by atoms with van der Waals surface area (Å²) in [6, 6.07) is 5.54. The lowest BCUT2D eigenvalue weighted by molar-refractivity contribution is -0.138. The van der Waals surface area contributed by atoms with Gasteiger partial charge in [0.25, 0.3) is 0 Å². The number of piperidine rings is 1. The molecule has 2 aliphatic heterocycles. The van der Waals surface area contributed by atoms with Crippen molar-refractivity contribution < 1.29 is 14.6 Å². The lowest BCUT2D eigenvalue weighted by Gasteiger charge is -2.32. The SMILES string of the molecule is O=C(O)[C@H](CCO[C@@H]1CCCN(CCCc2ccc3c(n2)NCCC3)C1)Nc1ncnc2sccc12. The molecule has 1 saturated heterocycles.